The Morgan fingerprint density at radius 1 is 1.19 bits per heavy atom. The highest BCUT2D eigenvalue weighted by Gasteiger charge is 2.12. The van der Waals surface area contributed by atoms with E-state index >= 15 is 0 Å². The maximum absolute atomic E-state index is 13.0. The third-order valence-electron chi connectivity index (χ3n) is 4.04. The van der Waals surface area contributed by atoms with E-state index in [2.05, 4.69) is 4.99 Å². The number of guanidine groups is 1. The summed E-state index contributed by atoms with van der Waals surface area (Å²) in [5.74, 6) is 1.61. The molecule has 0 spiro atoms. The van der Waals surface area contributed by atoms with E-state index in [1.54, 1.807) is 12.1 Å². The molecule has 0 bridgehead atoms. The van der Waals surface area contributed by atoms with Crippen LogP contribution in [-0.4, -0.2) is 37.2 Å². The third kappa shape index (κ3) is 5.57. The summed E-state index contributed by atoms with van der Waals surface area (Å²) in [7, 11) is 0. The summed E-state index contributed by atoms with van der Waals surface area (Å²) in [6.07, 6.45) is 0. The summed E-state index contributed by atoms with van der Waals surface area (Å²) in [6, 6.07) is 11.8. The highest BCUT2D eigenvalue weighted by molar-refractivity contribution is 14.0. The molecule has 3 rings (SSSR count). The van der Waals surface area contributed by atoms with Gasteiger partial charge in [0, 0.05) is 13.1 Å². The molecule has 1 heterocycles. The Morgan fingerprint density at radius 3 is 2.54 bits per heavy atom. The quantitative estimate of drug-likeness (QED) is 0.420. The molecule has 2 aromatic rings. The van der Waals surface area contributed by atoms with Crippen molar-refractivity contribution in [3.63, 3.8) is 0 Å². The fourth-order valence-corrected chi connectivity index (χ4v) is 2.62. The van der Waals surface area contributed by atoms with E-state index in [4.69, 9.17) is 15.2 Å². The molecular formula is C19H23FIN3O2. The monoisotopic (exact) mass is 471 g/mol. The van der Waals surface area contributed by atoms with E-state index in [-0.39, 0.29) is 29.8 Å². The first kappa shape index (κ1) is 20.4. The zero-order chi connectivity index (χ0) is 17.6. The van der Waals surface area contributed by atoms with Crippen LogP contribution in [0, 0.1) is 12.7 Å². The van der Waals surface area contributed by atoms with E-state index < -0.39 is 0 Å². The van der Waals surface area contributed by atoms with Gasteiger partial charge in [-0.25, -0.2) is 9.38 Å². The molecule has 0 atom stereocenters. The predicted molar refractivity (Wildman–Crippen MR) is 111 cm³/mol. The lowest BCUT2D eigenvalue weighted by Crippen LogP contribution is -2.44. The smallest absolute Gasteiger partial charge is 0.191 e. The van der Waals surface area contributed by atoms with Gasteiger partial charge >= 0.3 is 0 Å². The van der Waals surface area contributed by atoms with E-state index in [1.807, 2.05) is 30.0 Å². The molecule has 26 heavy (non-hydrogen) atoms. The van der Waals surface area contributed by atoms with Gasteiger partial charge in [-0.15, -0.1) is 24.0 Å². The van der Waals surface area contributed by atoms with Crippen molar-refractivity contribution >= 4 is 29.9 Å². The average molecular weight is 471 g/mol. The van der Waals surface area contributed by atoms with Crippen LogP contribution in [0.15, 0.2) is 47.5 Å². The Balaban J connectivity index is 0.00000243. The summed E-state index contributed by atoms with van der Waals surface area (Å²) in [6.45, 7) is 5.41. The van der Waals surface area contributed by atoms with E-state index in [9.17, 15) is 4.39 Å². The van der Waals surface area contributed by atoms with Crippen molar-refractivity contribution < 1.29 is 13.9 Å². The molecule has 1 saturated heterocycles. The van der Waals surface area contributed by atoms with Gasteiger partial charge in [-0.05, 0) is 48.4 Å². The number of hydrogen-bond donors (Lipinski definition) is 1. The van der Waals surface area contributed by atoms with Gasteiger partial charge in [-0.2, -0.15) is 0 Å². The van der Waals surface area contributed by atoms with Gasteiger partial charge in [0.25, 0.3) is 0 Å². The van der Waals surface area contributed by atoms with Crippen LogP contribution in [0.4, 0.5) is 4.39 Å². The molecule has 1 aliphatic heterocycles. The minimum Gasteiger partial charge on any atom is -0.457 e. The van der Waals surface area contributed by atoms with E-state index in [0.29, 0.717) is 31.5 Å². The summed E-state index contributed by atoms with van der Waals surface area (Å²) < 4.78 is 24.1. The van der Waals surface area contributed by atoms with Gasteiger partial charge < -0.3 is 20.1 Å². The Labute approximate surface area is 170 Å². The fraction of sp³-hybridized carbons (Fsp3) is 0.316. The number of ether oxygens (including phenoxy) is 2. The molecule has 2 N–H and O–H groups in total. The van der Waals surface area contributed by atoms with Crippen molar-refractivity contribution in [3.05, 3.63) is 59.4 Å². The molecule has 1 fully saturated rings. The Kier molecular flexibility index (Phi) is 7.65. The van der Waals surface area contributed by atoms with E-state index in [1.165, 1.54) is 12.1 Å². The molecule has 0 unspecified atom stereocenters. The van der Waals surface area contributed by atoms with Crippen molar-refractivity contribution in [1.82, 2.24) is 4.90 Å². The molecule has 5 nitrogen and oxygen atoms in total. The number of benzene rings is 2. The molecular weight excluding hydrogens is 448 g/mol. The number of rotatable bonds is 4. The summed E-state index contributed by atoms with van der Waals surface area (Å²) >= 11 is 0. The highest BCUT2D eigenvalue weighted by atomic mass is 127. The molecule has 0 aliphatic carbocycles. The highest BCUT2D eigenvalue weighted by Crippen LogP contribution is 2.26. The van der Waals surface area contributed by atoms with Crippen molar-refractivity contribution in [2.24, 2.45) is 10.7 Å². The molecule has 140 valence electrons. The maximum atomic E-state index is 13.0. The second-order valence-electron chi connectivity index (χ2n) is 5.93. The summed E-state index contributed by atoms with van der Waals surface area (Å²) in [4.78, 5) is 6.49. The fourth-order valence-electron chi connectivity index (χ4n) is 2.62. The van der Waals surface area contributed by atoms with Crippen molar-refractivity contribution in [2.45, 2.75) is 13.5 Å². The minimum atomic E-state index is -0.282. The third-order valence-corrected chi connectivity index (χ3v) is 4.04. The minimum absolute atomic E-state index is 0. The van der Waals surface area contributed by atoms with Crippen LogP contribution in [0.25, 0.3) is 0 Å². The zero-order valence-electron chi connectivity index (χ0n) is 14.7. The lowest BCUT2D eigenvalue weighted by Gasteiger charge is -2.27. The van der Waals surface area contributed by atoms with Gasteiger partial charge in [0.05, 0.1) is 19.8 Å². The van der Waals surface area contributed by atoms with Gasteiger partial charge in [0.1, 0.15) is 17.3 Å². The van der Waals surface area contributed by atoms with Crippen LogP contribution in [0.3, 0.4) is 0 Å². The van der Waals surface area contributed by atoms with Gasteiger partial charge in [0.15, 0.2) is 5.96 Å². The topological polar surface area (TPSA) is 60.1 Å². The van der Waals surface area contributed by atoms with Gasteiger partial charge in [0.2, 0.25) is 0 Å². The molecule has 0 amide bonds. The summed E-state index contributed by atoms with van der Waals surface area (Å²) in [5.41, 5.74) is 8.09. The number of aryl methyl sites for hydroxylation is 1. The lowest BCUT2D eigenvalue weighted by molar-refractivity contribution is 0.0674. The predicted octanol–water partition coefficient (Wildman–Crippen LogP) is 3.69. The normalized spacial score (nSPS) is 14.7. The molecule has 0 saturated carbocycles. The first-order valence-electron chi connectivity index (χ1n) is 8.27. The molecule has 7 heteroatoms. The number of nitrogens with two attached hydrogens (primary N) is 1. The molecule has 2 aromatic carbocycles. The average Bonchev–Trinajstić information content (AvgIpc) is 2.64. The number of aliphatic imine (C=N–C) groups is 1. The SMILES string of the molecule is Cc1cc(CN=C(N)N2CCOCC2)ccc1Oc1ccc(F)cc1.I. The first-order chi connectivity index (χ1) is 12.1. The standard InChI is InChI=1S/C19H22FN3O2.HI/c1-14-12-15(13-22-19(21)23-8-10-24-11-9-23)2-7-18(14)25-17-5-3-16(20)4-6-17;/h2-7,12H,8-11,13H2,1H3,(H2,21,22);1H. The van der Waals surface area contributed by atoms with Crippen molar-refractivity contribution in [1.29, 1.82) is 0 Å². The van der Waals surface area contributed by atoms with Crippen LogP contribution in [0.1, 0.15) is 11.1 Å². The first-order valence-corrected chi connectivity index (χ1v) is 8.27. The Morgan fingerprint density at radius 2 is 1.88 bits per heavy atom. The van der Waals surface area contributed by atoms with Gasteiger partial charge in [-0.3, -0.25) is 0 Å². The second-order valence-corrected chi connectivity index (χ2v) is 5.93. The van der Waals surface area contributed by atoms with E-state index in [0.717, 1.165) is 30.0 Å². The lowest BCUT2D eigenvalue weighted by atomic mass is 10.1. The maximum Gasteiger partial charge on any atom is 0.191 e. The Hall–Kier alpha value is -1.87. The van der Waals surface area contributed by atoms with Crippen LogP contribution < -0.4 is 10.5 Å². The van der Waals surface area contributed by atoms with Gasteiger partial charge in [-0.1, -0.05) is 12.1 Å². The number of morpholine rings is 1. The summed E-state index contributed by atoms with van der Waals surface area (Å²) in [5, 5.41) is 0. The number of hydrogen-bond acceptors (Lipinski definition) is 3. The number of nitrogens with zero attached hydrogens (tertiary/aromatic N) is 2. The van der Waals surface area contributed by atoms with Crippen LogP contribution in [-0.2, 0) is 11.3 Å². The number of halogens is 2. The Bertz CT molecular complexity index is 747. The van der Waals surface area contributed by atoms with Crippen molar-refractivity contribution in [2.75, 3.05) is 26.3 Å². The van der Waals surface area contributed by atoms with Crippen LogP contribution >= 0.6 is 24.0 Å². The second kappa shape index (κ2) is 9.72. The molecule has 1 aliphatic rings. The van der Waals surface area contributed by atoms with Crippen LogP contribution in [0.5, 0.6) is 11.5 Å². The largest absolute Gasteiger partial charge is 0.457 e. The zero-order valence-corrected chi connectivity index (χ0v) is 17.0. The van der Waals surface area contributed by atoms with Crippen LogP contribution in [0.2, 0.25) is 0 Å². The molecule has 0 radical (unpaired) electrons. The van der Waals surface area contributed by atoms with Crippen molar-refractivity contribution in [3.8, 4) is 11.5 Å². The molecule has 0 aromatic heterocycles.